The molecule has 0 saturated heterocycles. The van der Waals surface area contributed by atoms with Gasteiger partial charge in [-0.1, -0.05) is 18.2 Å². The van der Waals surface area contributed by atoms with Crippen molar-refractivity contribution in [2.75, 3.05) is 7.05 Å². The average molecular weight is 273 g/mol. The molecular formula is C16H16FNO2. The molecule has 1 N–H and O–H groups in total. The van der Waals surface area contributed by atoms with Gasteiger partial charge in [0.05, 0.1) is 0 Å². The van der Waals surface area contributed by atoms with E-state index in [0.29, 0.717) is 12.1 Å². The van der Waals surface area contributed by atoms with E-state index in [2.05, 4.69) is 0 Å². The summed E-state index contributed by atoms with van der Waals surface area (Å²) in [5.41, 5.74) is 2.01. The molecule has 1 amide bonds. The molecule has 0 fully saturated rings. The fourth-order valence-corrected chi connectivity index (χ4v) is 1.98. The third-order valence-electron chi connectivity index (χ3n) is 3.13. The number of phenolic OH excluding ortho intramolecular Hbond substituents is 1. The molecule has 0 bridgehead atoms. The zero-order valence-corrected chi connectivity index (χ0v) is 11.4. The Morgan fingerprint density at radius 1 is 1.20 bits per heavy atom. The summed E-state index contributed by atoms with van der Waals surface area (Å²) in [6, 6.07) is 10.8. The van der Waals surface area contributed by atoms with E-state index in [0.717, 1.165) is 11.1 Å². The zero-order chi connectivity index (χ0) is 14.7. The van der Waals surface area contributed by atoms with Crippen LogP contribution in [0.15, 0.2) is 42.5 Å². The summed E-state index contributed by atoms with van der Waals surface area (Å²) in [4.78, 5) is 13.8. The van der Waals surface area contributed by atoms with Crippen molar-refractivity contribution in [1.29, 1.82) is 0 Å². The fourth-order valence-electron chi connectivity index (χ4n) is 1.98. The van der Waals surface area contributed by atoms with Crippen LogP contribution >= 0.6 is 0 Å². The average Bonchev–Trinajstić information content (AvgIpc) is 2.43. The van der Waals surface area contributed by atoms with Crippen LogP contribution in [0, 0.1) is 12.7 Å². The molecule has 0 unspecified atom stereocenters. The maximum Gasteiger partial charge on any atom is 0.254 e. The Kier molecular flexibility index (Phi) is 4.03. The van der Waals surface area contributed by atoms with E-state index >= 15 is 0 Å². The van der Waals surface area contributed by atoms with E-state index in [-0.39, 0.29) is 11.7 Å². The molecule has 0 aliphatic carbocycles. The second kappa shape index (κ2) is 5.74. The number of hydrogen-bond acceptors (Lipinski definition) is 2. The van der Waals surface area contributed by atoms with Crippen LogP contribution in [0.4, 0.5) is 4.39 Å². The number of benzene rings is 2. The smallest absolute Gasteiger partial charge is 0.254 e. The number of rotatable bonds is 3. The van der Waals surface area contributed by atoms with Crippen LogP contribution in [-0.4, -0.2) is 23.0 Å². The lowest BCUT2D eigenvalue weighted by Gasteiger charge is -2.18. The summed E-state index contributed by atoms with van der Waals surface area (Å²) in [6.45, 7) is 2.18. The first-order valence-electron chi connectivity index (χ1n) is 6.27. The van der Waals surface area contributed by atoms with Crippen LogP contribution in [0.25, 0.3) is 0 Å². The number of carbonyl (C=O) groups excluding carboxylic acids is 1. The Morgan fingerprint density at radius 3 is 2.50 bits per heavy atom. The SMILES string of the molecule is Cc1ccc(F)cc1C(=O)N(C)Cc1ccc(O)cc1. The molecule has 20 heavy (non-hydrogen) atoms. The maximum absolute atomic E-state index is 13.2. The van der Waals surface area contributed by atoms with Crippen molar-refractivity contribution in [3.8, 4) is 5.75 Å². The number of carbonyl (C=O) groups is 1. The highest BCUT2D eigenvalue weighted by atomic mass is 19.1. The van der Waals surface area contributed by atoms with Gasteiger partial charge in [0, 0.05) is 19.2 Å². The summed E-state index contributed by atoms with van der Waals surface area (Å²) < 4.78 is 13.2. The van der Waals surface area contributed by atoms with Gasteiger partial charge in [-0.3, -0.25) is 4.79 Å². The lowest BCUT2D eigenvalue weighted by atomic mass is 10.1. The van der Waals surface area contributed by atoms with Gasteiger partial charge in [0.1, 0.15) is 11.6 Å². The van der Waals surface area contributed by atoms with Gasteiger partial charge in [0.25, 0.3) is 5.91 Å². The third kappa shape index (κ3) is 3.15. The number of nitrogens with zero attached hydrogens (tertiary/aromatic N) is 1. The predicted molar refractivity (Wildman–Crippen MR) is 75.0 cm³/mol. The fraction of sp³-hybridized carbons (Fsp3) is 0.188. The highest BCUT2D eigenvalue weighted by Crippen LogP contribution is 2.15. The second-order valence-corrected chi connectivity index (χ2v) is 4.79. The number of amides is 1. The van der Waals surface area contributed by atoms with Gasteiger partial charge >= 0.3 is 0 Å². The van der Waals surface area contributed by atoms with E-state index in [9.17, 15) is 14.3 Å². The number of halogens is 1. The van der Waals surface area contributed by atoms with Crippen LogP contribution in [0.5, 0.6) is 5.75 Å². The first-order valence-corrected chi connectivity index (χ1v) is 6.27. The predicted octanol–water partition coefficient (Wildman–Crippen LogP) is 3.11. The van der Waals surface area contributed by atoms with Gasteiger partial charge in [-0.25, -0.2) is 4.39 Å². The van der Waals surface area contributed by atoms with Crippen LogP contribution in [0.2, 0.25) is 0 Å². The zero-order valence-electron chi connectivity index (χ0n) is 11.4. The monoisotopic (exact) mass is 273 g/mol. The summed E-state index contributed by atoms with van der Waals surface area (Å²) in [5.74, 6) is -0.462. The number of aromatic hydroxyl groups is 1. The standard InChI is InChI=1S/C16H16FNO2/c1-11-3-6-13(17)9-15(11)16(20)18(2)10-12-4-7-14(19)8-5-12/h3-9,19H,10H2,1-2H3. The molecule has 2 aromatic rings. The van der Waals surface area contributed by atoms with Crippen molar-refractivity contribution in [1.82, 2.24) is 4.90 Å². The van der Waals surface area contributed by atoms with Crippen molar-refractivity contribution >= 4 is 5.91 Å². The van der Waals surface area contributed by atoms with Crippen molar-refractivity contribution in [2.24, 2.45) is 0 Å². The Balaban J connectivity index is 2.16. The molecule has 0 heterocycles. The molecule has 0 aliphatic rings. The molecule has 4 heteroatoms. The highest BCUT2D eigenvalue weighted by molar-refractivity contribution is 5.95. The quantitative estimate of drug-likeness (QED) is 0.933. The summed E-state index contributed by atoms with van der Waals surface area (Å²) >= 11 is 0. The maximum atomic E-state index is 13.2. The molecule has 0 aliphatic heterocycles. The summed E-state index contributed by atoms with van der Waals surface area (Å²) in [7, 11) is 1.67. The minimum Gasteiger partial charge on any atom is -0.508 e. The molecule has 3 nitrogen and oxygen atoms in total. The molecule has 0 radical (unpaired) electrons. The van der Waals surface area contributed by atoms with E-state index in [1.54, 1.807) is 44.3 Å². The van der Waals surface area contributed by atoms with Crippen LogP contribution in [0.1, 0.15) is 21.5 Å². The Hall–Kier alpha value is -2.36. The lowest BCUT2D eigenvalue weighted by molar-refractivity contribution is 0.0784. The van der Waals surface area contributed by atoms with Gasteiger partial charge < -0.3 is 10.0 Å². The molecule has 0 spiro atoms. The van der Waals surface area contributed by atoms with Gasteiger partial charge in [0.15, 0.2) is 0 Å². The van der Waals surface area contributed by atoms with E-state index < -0.39 is 5.82 Å². The minimum atomic E-state index is -0.419. The second-order valence-electron chi connectivity index (χ2n) is 4.79. The van der Waals surface area contributed by atoms with Crippen molar-refractivity contribution in [2.45, 2.75) is 13.5 Å². The van der Waals surface area contributed by atoms with Crippen molar-refractivity contribution < 1.29 is 14.3 Å². The first-order chi connectivity index (χ1) is 9.47. The van der Waals surface area contributed by atoms with Gasteiger partial charge in [-0.2, -0.15) is 0 Å². The topological polar surface area (TPSA) is 40.5 Å². The summed E-state index contributed by atoms with van der Waals surface area (Å²) in [6.07, 6.45) is 0. The first kappa shape index (κ1) is 14.1. The normalized spacial score (nSPS) is 10.3. The van der Waals surface area contributed by atoms with E-state index in [4.69, 9.17) is 0 Å². The Labute approximate surface area is 117 Å². The van der Waals surface area contributed by atoms with Crippen LogP contribution in [0.3, 0.4) is 0 Å². The Morgan fingerprint density at radius 2 is 1.85 bits per heavy atom. The molecular weight excluding hydrogens is 257 g/mol. The minimum absolute atomic E-state index is 0.184. The molecule has 0 atom stereocenters. The van der Waals surface area contributed by atoms with E-state index in [1.807, 2.05) is 0 Å². The molecule has 104 valence electrons. The molecule has 0 saturated carbocycles. The largest absolute Gasteiger partial charge is 0.508 e. The van der Waals surface area contributed by atoms with E-state index in [1.165, 1.54) is 17.0 Å². The number of phenols is 1. The van der Waals surface area contributed by atoms with Crippen LogP contribution in [-0.2, 0) is 6.54 Å². The third-order valence-corrected chi connectivity index (χ3v) is 3.13. The number of aryl methyl sites for hydroxylation is 1. The lowest BCUT2D eigenvalue weighted by Crippen LogP contribution is -2.26. The Bertz CT molecular complexity index is 623. The van der Waals surface area contributed by atoms with Gasteiger partial charge in [-0.15, -0.1) is 0 Å². The molecule has 2 rings (SSSR count). The van der Waals surface area contributed by atoms with Crippen molar-refractivity contribution in [3.05, 3.63) is 65.0 Å². The highest BCUT2D eigenvalue weighted by Gasteiger charge is 2.15. The molecule has 0 aromatic heterocycles. The van der Waals surface area contributed by atoms with Gasteiger partial charge in [-0.05, 0) is 42.3 Å². The summed E-state index contributed by atoms with van der Waals surface area (Å²) in [5, 5.41) is 9.22. The van der Waals surface area contributed by atoms with Gasteiger partial charge in [0.2, 0.25) is 0 Å². The van der Waals surface area contributed by atoms with Crippen LogP contribution < -0.4 is 0 Å². The number of hydrogen-bond donors (Lipinski definition) is 1. The van der Waals surface area contributed by atoms with Crippen molar-refractivity contribution in [3.63, 3.8) is 0 Å². The molecule has 2 aromatic carbocycles.